The van der Waals surface area contributed by atoms with Gasteiger partial charge in [-0.05, 0) is 37.3 Å². The number of methoxy groups -OCH3 is 1. The highest BCUT2D eigenvalue weighted by atomic mass is 16.5. The van der Waals surface area contributed by atoms with E-state index < -0.39 is 0 Å². The number of aryl methyl sites for hydroxylation is 2. The van der Waals surface area contributed by atoms with Crippen LogP contribution in [0.5, 0.6) is 0 Å². The second kappa shape index (κ2) is 6.53. The number of pyridine rings is 1. The number of hydrogen-bond donors (Lipinski definition) is 0. The lowest BCUT2D eigenvalue weighted by molar-refractivity contribution is 0.0598. The fourth-order valence-corrected chi connectivity index (χ4v) is 2.49. The molecule has 0 saturated heterocycles. The molecule has 0 amide bonds. The van der Waals surface area contributed by atoms with Gasteiger partial charge >= 0.3 is 5.97 Å². The van der Waals surface area contributed by atoms with Gasteiger partial charge in [0.2, 0.25) is 0 Å². The van der Waals surface area contributed by atoms with Gasteiger partial charge in [0.25, 0.3) is 0 Å². The Morgan fingerprint density at radius 1 is 1.11 bits per heavy atom. The van der Waals surface area contributed by atoms with Crippen LogP contribution in [0.1, 0.15) is 60.1 Å². The Hall–Kier alpha value is -1.38. The lowest BCUT2D eigenvalue weighted by atomic mass is 9.99. The van der Waals surface area contributed by atoms with E-state index in [1.54, 1.807) is 0 Å². The third kappa shape index (κ3) is 3.31. The van der Waals surface area contributed by atoms with Crippen LogP contribution in [0, 0.1) is 0 Å². The summed E-state index contributed by atoms with van der Waals surface area (Å²) >= 11 is 0. The van der Waals surface area contributed by atoms with Gasteiger partial charge in [0.15, 0.2) is 0 Å². The van der Waals surface area contributed by atoms with Crippen LogP contribution in [0.25, 0.3) is 0 Å². The van der Waals surface area contributed by atoms with Crippen molar-refractivity contribution in [2.75, 3.05) is 7.11 Å². The molecule has 0 spiro atoms. The van der Waals surface area contributed by atoms with Crippen molar-refractivity contribution >= 4 is 5.97 Å². The van der Waals surface area contributed by atoms with Gasteiger partial charge in [-0.15, -0.1) is 0 Å². The molecule has 1 aliphatic carbocycles. The number of esters is 1. The summed E-state index contributed by atoms with van der Waals surface area (Å²) in [5, 5.41) is 0. The second-order valence-electron chi connectivity index (χ2n) is 4.95. The SMILES string of the molecule is COC(=O)c1cc2cnc1CCCCCCCC2. The largest absolute Gasteiger partial charge is 0.465 e. The first-order valence-corrected chi connectivity index (χ1v) is 6.87. The molecule has 0 radical (unpaired) electrons. The molecule has 1 aliphatic heterocycles. The van der Waals surface area contributed by atoms with Crippen molar-refractivity contribution in [1.82, 2.24) is 4.98 Å². The fraction of sp³-hybridized carbons (Fsp3) is 0.600. The van der Waals surface area contributed by atoms with Crippen molar-refractivity contribution < 1.29 is 9.53 Å². The minimum Gasteiger partial charge on any atom is -0.465 e. The van der Waals surface area contributed by atoms with Crippen molar-refractivity contribution in [3.05, 3.63) is 29.1 Å². The van der Waals surface area contributed by atoms with Crippen molar-refractivity contribution in [1.29, 1.82) is 0 Å². The van der Waals surface area contributed by atoms with Crippen LogP contribution >= 0.6 is 0 Å². The summed E-state index contributed by atoms with van der Waals surface area (Å²) in [5.41, 5.74) is 2.71. The minimum atomic E-state index is -0.253. The fourth-order valence-electron chi connectivity index (χ4n) is 2.49. The van der Waals surface area contributed by atoms with Crippen LogP contribution in [-0.4, -0.2) is 18.1 Å². The van der Waals surface area contributed by atoms with Crippen LogP contribution in [0.2, 0.25) is 0 Å². The summed E-state index contributed by atoms with van der Waals surface area (Å²) in [4.78, 5) is 16.2. The zero-order valence-electron chi connectivity index (χ0n) is 11.1. The summed E-state index contributed by atoms with van der Waals surface area (Å²) in [6, 6.07) is 1.97. The molecule has 2 aliphatic rings. The molecule has 0 atom stereocenters. The van der Waals surface area contributed by atoms with Crippen LogP contribution < -0.4 is 0 Å². The summed E-state index contributed by atoms with van der Waals surface area (Å²) < 4.78 is 4.85. The zero-order valence-corrected chi connectivity index (χ0v) is 11.1. The zero-order chi connectivity index (χ0) is 12.8. The molecule has 3 heteroatoms. The monoisotopic (exact) mass is 247 g/mol. The summed E-state index contributed by atoms with van der Waals surface area (Å²) in [7, 11) is 1.43. The molecule has 1 aromatic rings. The molecule has 0 aromatic carbocycles. The highest BCUT2D eigenvalue weighted by molar-refractivity contribution is 5.90. The highest BCUT2D eigenvalue weighted by Crippen LogP contribution is 2.18. The Bertz CT molecular complexity index is 415. The molecule has 18 heavy (non-hydrogen) atoms. The third-order valence-electron chi connectivity index (χ3n) is 3.56. The third-order valence-corrected chi connectivity index (χ3v) is 3.56. The van der Waals surface area contributed by atoms with E-state index in [0.717, 1.165) is 30.5 Å². The van der Waals surface area contributed by atoms with Gasteiger partial charge in [-0.2, -0.15) is 0 Å². The van der Waals surface area contributed by atoms with Crippen LogP contribution in [-0.2, 0) is 17.6 Å². The normalized spacial score (nSPS) is 16.7. The average Bonchev–Trinajstić information content (AvgIpc) is 2.39. The molecular formula is C15H21NO2. The van der Waals surface area contributed by atoms with Gasteiger partial charge in [0.1, 0.15) is 0 Å². The Balaban J connectivity index is 2.26. The number of ether oxygens (including phenoxy) is 1. The Morgan fingerprint density at radius 3 is 2.50 bits per heavy atom. The number of hydrogen-bond acceptors (Lipinski definition) is 3. The van der Waals surface area contributed by atoms with Crippen LogP contribution in [0.3, 0.4) is 0 Å². The number of fused-ring (bicyclic) bond motifs is 9. The predicted octanol–water partition coefficient (Wildman–Crippen LogP) is 3.31. The van der Waals surface area contributed by atoms with Gasteiger partial charge in [-0.3, -0.25) is 4.98 Å². The maximum Gasteiger partial charge on any atom is 0.339 e. The van der Waals surface area contributed by atoms with E-state index >= 15 is 0 Å². The summed E-state index contributed by atoms with van der Waals surface area (Å²) in [5.74, 6) is -0.253. The van der Waals surface area contributed by atoms with E-state index in [2.05, 4.69) is 4.98 Å². The number of aromatic nitrogens is 1. The quantitative estimate of drug-likeness (QED) is 0.715. The highest BCUT2D eigenvalue weighted by Gasteiger charge is 2.14. The standard InChI is InChI=1S/C15H21NO2/c1-18-15(17)13-10-12-8-6-4-2-3-5-7-9-14(13)16-11-12/h10-11H,2-9H2,1H3. The minimum absolute atomic E-state index is 0.253. The lowest BCUT2D eigenvalue weighted by Crippen LogP contribution is -2.09. The second-order valence-corrected chi connectivity index (χ2v) is 4.95. The molecule has 1 aromatic heterocycles. The number of rotatable bonds is 1. The first-order chi connectivity index (χ1) is 8.81. The number of carbonyl (C=O) groups excluding carboxylic acids is 1. The van der Waals surface area contributed by atoms with E-state index in [1.165, 1.54) is 39.2 Å². The molecule has 3 rings (SSSR count). The first kappa shape index (κ1) is 13.1. The van der Waals surface area contributed by atoms with Gasteiger partial charge < -0.3 is 4.74 Å². The topological polar surface area (TPSA) is 39.2 Å². The molecule has 2 bridgehead atoms. The van der Waals surface area contributed by atoms with E-state index in [1.807, 2.05) is 12.3 Å². The predicted molar refractivity (Wildman–Crippen MR) is 70.7 cm³/mol. The van der Waals surface area contributed by atoms with Crippen LogP contribution in [0.15, 0.2) is 12.3 Å². The first-order valence-electron chi connectivity index (χ1n) is 6.87. The smallest absolute Gasteiger partial charge is 0.339 e. The van der Waals surface area contributed by atoms with Gasteiger partial charge in [-0.1, -0.05) is 25.7 Å². The average molecular weight is 247 g/mol. The van der Waals surface area contributed by atoms with E-state index in [0.29, 0.717) is 5.56 Å². The van der Waals surface area contributed by atoms with E-state index in [-0.39, 0.29) is 5.97 Å². The maximum atomic E-state index is 11.8. The molecule has 0 N–H and O–H groups in total. The molecule has 0 unspecified atom stereocenters. The molecular weight excluding hydrogens is 226 g/mol. The van der Waals surface area contributed by atoms with E-state index in [4.69, 9.17) is 4.74 Å². The molecule has 3 nitrogen and oxygen atoms in total. The summed E-state index contributed by atoms with van der Waals surface area (Å²) in [6.07, 6.45) is 11.2. The Kier molecular flexibility index (Phi) is 4.73. The molecule has 2 heterocycles. The molecule has 98 valence electrons. The molecule has 0 fully saturated rings. The number of carbonyl (C=O) groups is 1. The number of nitrogens with zero attached hydrogens (tertiary/aromatic N) is 1. The van der Waals surface area contributed by atoms with Crippen molar-refractivity contribution in [2.45, 2.75) is 51.4 Å². The summed E-state index contributed by atoms with van der Waals surface area (Å²) in [6.45, 7) is 0. The molecule has 0 saturated carbocycles. The van der Waals surface area contributed by atoms with Gasteiger partial charge in [0, 0.05) is 6.20 Å². The van der Waals surface area contributed by atoms with Crippen LogP contribution in [0.4, 0.5) is 0 Å². The maximum absolute atomic E-state index is 11.8. The lowest BCUT2D eigenvalue weighted by Gasteiger charge is -2.11. The van der Waals surface area contributed by atoms with E-state index in [9.17, 15) is 4.79 Å². The Labute approximate surface area is 109 Å². The van der Waals surface area contributed by atoms with Crippen molar-refractivity contribution in [3.63, 3.8) is 0 Å². The van der Waals surface area contributed by atoms with Gasteiger partial charge in [0.05, 0.1) is 18.4 Å². The Morgan fingerprint density at radius 2 is 1.78 bits per heavy atom. The van der Waals surface area contributed by atoms with Crippen molar-refractivity contribution in [2.24, 2.45) is 0 Å². The van der Waals surface area contributed by atoms with Crippen molar-refractivity contribution in [3.8, 4) is 0 Å². The van der Waals surface area contributed by atoms with Gasteiger partial charge in [-0.25, -0.2) is 4.79 Å².